The number of rotatable bonds is 8. The highest BCUT2D eigenvalue weighted by molar-refractivity contribution is 7.99. The second-order valence-electron chi connectivity index (χ2n) is 9.15. The maximum atomic E-state index is 13.2. The van der Waals surface area contributed by atoms with Crippen molar-refractivity contribution in [3.8, 4) is 23.5 Å². The van der Waals surface area contributed by atoms with Crippen LogP contribution in [0.2, 0.25) is 0 Å². The largest absolute Gasteiger partial charge is 0.312 e. The molecule has 0 fully saturated rings. The molecule has 1 amide bonds. The molecule has 41 heavy (non-hydrogen) atoms. The van der Waals surface area contributed by atoms with Gasteiger partial charge in [-0.15, -0.1) is 21.5 Å². The zero-order chi connectivity index (χ0) is 28.9. The summed E-state index contributed by atoms with van der Waals surface area (Å²) >= 11 is 2.60. The number of thiophene rings is 1. The van der Waals surface area contributed by atoms with Crippen LogP contribution in [0.25, 0.3) is 17.5 Å². The first-order chi connectivity index (χ1) is 19.9. The predicted octanol–water partition coefficient (Wildman–Crippen LogP) is 6.38. The van der Waals surface area contributed by atoms with Crippen LogP contribution in [0.15, 0.2) is 64.2 Å². The number of anilines is 1. The highest BCUT2D eigenvalue weighted by Gasteiger charge is 2.23. The van der Waals surface area contributed by atoms with E-state index in [1.54, 1.807) is 6.07 Å². The van der Waals surface area contributed by atoms with Gasteiger partial charge in [-0.25, -0.2) is 0 Å². The van der Waals surface area contributed by atoms with Crippen molar-refractivity contribution >= 4 is 45.8 Å². The summed E-state index contributed by atoms with van der Waals surface area (Å²) in [5.41, 5.74) is 2.19. The first-order valence-corrected chi connectivity index (χ1v) is 14.5. The molecule has 0 bridgehead atoms. The van der Waals surface area contributed by atoms with Gasteiger partial charge in [-0.3, -0.25) is 14.9 Å². The smallest absolute Gasteiger partial charge is 0.270 e. The zero-order valence-corrected chi connectivity index (χ0v) is 23.6. The molecule has 2 aromatic carbocycles. The Morgan fingerprint density at radius 1 is 1.20 bits per heavy atom. The molecule has 10 nitrogen and oxygen atoms in total. The van der Waals surface area contributed by atoms with Gasteiger partial charge in [0.25, 0.3) is 11.6 Å². The SMILES string of the molecule is CCn1c(Sc2ccc([N+](=O)[O-])cc2/C=C(/C#N)C(=O)Nc2sc3c(c2C#N)CCCC3)nnc1-c1ccccc1. The van der Waals surface area contributed by atoms with Gasteiger partial charge < -0.3 is 9.88 Å². The van der Waals surface area contributed by atoms with Crippen molar-refractivity contribution in [1.29, 1.82) is 10.5 Å². The zero-order valence-electron chi connectivity index (χ0n) is 22.0. The molecule has 0 radical (unpaired) electrons. The summed E-state index contributed by atoms with van der Waals surface area (Å²) in [5, 5.41) is 43.6. The van der Waals surface area contributed by atoms with E-state index in [1.807, 2.05) is 47.9 Å². The number of amides is 1. The fraction of sp³-hybridized carbons (Fsp3) is 0.207. The van der Waals surface area contributed by atoms with Gasteiger partial charge in [-0.2, -0.15) is 10.5 Å². The monoisotopic (exact) mass is 581 g/mol. The molecule has 0 atom stereocenters. The molecule has 12 heteroatoms. The Balaban J connectivity index is 1.49. The third kappa shape index (κ3) is 5.75. The summed E-state index contributed by atoms with van der Waals surface area (Å²) in [7, 11) is 0. The number of aryl methyl sites for hydroxylation is 1. The van der Waals surface area contributed by atoms with Crippen LogP contribution in [0, 0.1) is 32.8 Å². The van der Waals surface area contributed by atoms with Crippen LogP contribution in [0.1, 0.15) is 41.3 Å². The summed E-state index contributed by atoms with van der Waals surface area (Å²) in [6.45, 7) is 2.54. The number of nitro benzene ring substituents is 1. The highest BCUT2D eigenvalue weighted by atomic mass is 32.2. The van der Waals surface area contributed by atoms with Crippen molar-refractivity contribution in [2.45, 2.75) is 49.2 Å². The van der Waals surface area contributed by atoms with Gasteiger partial charge >= 0.3 is 0 Å². The minimum atomic E-state index is -0.687. The fourth-order valence-corrected chi connectivity index (χ4v) is 6.86. The molecule has 0 unspecified atom stereocenters. The molecule has 0 saturated heterocycles. The number of hydrogen-bond acceptors (Lipinski definition) is 9. The van der Waals surface area contributed by atoms with Gasteiger partial charge in [-0.1, -0.05) is 30.3 Å². The first kappa shape index (κ1) is 27.8. The van der Waals surface area contributed by atoms with Gasteiger partial charge in [0.15, 0.2) is 11.0 Å². The van der Waals surface area contributed by atoms with Crippen molar-refractivity contribution in [1.82, 2.24) is 14.8 Å². The van der Waals surface area contributed by atoms with E-state index in [9.17, 15) is 25.4 Å². The van der Waals surface area contributed by atoms with Gasteiger partial charge in [-0.05, 0) is 67.6 Å². The Labute approximate surface area is 244 Å². The third-order valence-corrected chi connectivity index (χ3v) is 8.93. The molecule has 204 valence electrons. The van der Waals surface area contributed by atoms with Gasteiger partial charge in [0, 0.05) is 34.0 Å². The van der Waals surface area contributed by atoms with Crippen LogP contribution < -0.4 is 5.32 Å². The Kier molecular flexibility index (Phi) is 8.24. The lowest BCUT2D eigenvalue weighted by Crippen LogP contribution is -2.13. The molecule has 2 aromatic heterocycles. The molecule has 2 heterocycles. The Hall–Kier alpha value is -4.78. The lowest BCUT2D eigenvalue weighted by atomic mass is 9.96. The summed E-state index contributed by atoms with van der Waals surface area (Å²) in [6, 6.07) is 18.0. The molecule has 0 spiro atoms. The number of nitrogens with zero attached hydrogens (tertiary/aromatic N) is 6. The van der Waals surface area contributed by atoms with Crippen LogP contribution in [-0.4, -0.2) is 25.6 Å². The summed E-state index contributed by atoms with van der Waals surface area (Å²) in [4.78, 5) is 25.9. The van der Waals surface area contributed by atoms with Gasteiger partial charge in [0.05, 0.1) is 10.5 Å². The molecular formula is C29H23N7O3S2. The molecule has 4 aromatic rings. The van der Waals surface area contributed by atoms with Crippen molar-refractivity contribution < 1.29 is 9.72 Å². The molecule has 5 rings (SSSR count). The standard InChI is InChI=1S/C29H23N7O3S2/c1-2-35-26(18-8-4-3-5-9-18)33-34-29(35)41-24-13-12-21(36(38)39)15-19(24)14-20(16-30)27(37)32-28-23(17-31)22-10-6-7-11-25(22)40-28/h3-5,8-9,12-15H,2,6-7,10-11H2,1H3,(H,32,37)/b20-14-. The quantitative estimate of drug-likeness (QED) is 0.109. The number of nitriles is 2. The van der Waals surface area contributed by atoms with Gasteiger partial charge in [0.2, 0.25) is 0 Å². The van der Waals surface area contributed by atoms with Crippen LogP contribution in [0.3, 0.4) is 0 Å². The maximum Gasteiger partial charge on any atom is 0.270 e. The minimum absolute atomic E-state index is 0.182. The van der Waals surface area contributed by atoms with Crippen molar-refractivity contribution in [3.63, 3.8) is 0 Å². The average Bonchev–Trinajstić information content (AvgIpc) is 3.56. The van der Waals surface area contributed by atoms with E-state index in [0.717, 1.165) is 41.7 Å². The molecule has 1 aliphatic carbocycles. The number of carbonyl (C=O) groups is 1. The van der Waals surface area contributed by atoms with E-state index in [0.29, 0.717) is 38.5 Å². The molecular weight excluding hydrogens is 558 g/mol. The Morgan fingerprint density at radius 3 is 2.68 bits per heavy atom. The van der Waals surface area contributed by atoms with Crippen molar-refractivity contribution in [3.05, 3.63) is 85.8 Å². The number of nitrogens with one attached hydrogen (secondary N) is 1. The predicted molar refractivity (Wildman–Crippen MR) is 156 cm³/mol. The van der Waals surface area contributed by atoms with Crippen molar-refractivity contribution in [2.75, 3.05) is 5.32 Å². The molecule has 0 aliphatic heterocycles. The van der Waals surface area contributed by atoms with Crippen molar-refractivity contribution in [2.24, 2.45) is 0 Å². The third-order valence-electron chi connectivity index (χ3n) is 6.65. The average molecular weight is 582 g/mol. The lowest BCUT2D eigenvalue weighted by Gasteiger charge is -2.10. The number of fused-ring (bicyclic) bond motifs is 1. The van der Waals surface area contributed by atoms with Crippen LogP contribution in [0.5, 0.6) is 0 Å². The number of hydrogen-bond donors (Lipinski definition) is 1. The van der Waals surface area contributed by atoms with E-state index in [1.165, 1.54) is 41.3 Å². The number of non-ortho nitro benzene ring substituents is 1. The lowest BCUT2D eigenvalue weighted by molar-refractivity contribution is -0.384. The van der Waals surface area contributed by atoms with Crippen LogP contribution in [0.4, 0.5) is 10.7 Å². The normalized spacial score (nSPS) is 12.7. The van der Waals surface area contributed by atoms with Crippen LogP contribution >= 0.6 is 23.1 Å². The second kappa shape index (κ2) is 12.2. The van der Waals surface area contributed by atoms with E-state index in [4.69, 9.17) is 0 Å². The van der Waals surface area contributed by atoms with E-state index >= 15 is 0 Å². The van der Waals surface area contributed by atoms with Gasteiger partial charge in [0.1, 0.15) is 22.7 Å². The summed E-state index contributed by atoms with van der Waals surface area (Å²) in [6.07, 6.45) is 4.99. The van der Waals surface area contributed by atoms with E-state index in [-0.39, 0.29) is 11.3 Å². The first-order valence-electron chi connectivity index (χ1n) is 12.9. The number of aromatic nitrogens is 3. The second-order valence-corrected chi connectivity index (χ2v) is 11.3. The molecule has 0 saturated carbocycles. The fourth-order valence-electron chi connectivity index (χ4n) is 4.65. The Morgan fingerprint density at radius 2 is 1.98 bits per heavy atom. The van der Waals surface area contributed by atoms with Crippen LogP contribution in [-0.2, 0) is 24.2 Å². The minimum Gasteiger partial charge on any atom is -0.312 e. The number of carbonyl (C=O) groups excluding carboxylic acids is 1. The topological polar surface area (TPSA) is 151 Å². The Bertz CT molecular complexity index is 1760. The molecule has 1 aliphatic rings. The van der Waals surface area contributed by atoms with E-state index < -0.39 is 10.8 Å². The van der Waals surface area contributed by atoms with E-state index in [2.05, 4.69) is 21.6 Å². The summed E-state index contributed by atoms with van der Waals surface area (Å²) in [5.74, 6) is -0.00761. The highest BCUT2D eigenvalue weighted by Crippen LogP contribution is 2.38. The molecule has 1 N–H and O–H groups in total. The summed E-state index contributed by atoms with van der Waals surface area (Å²) < 4.78 is 1.93. The number of nitro groups is 1. The number of benzene rings is 2. The maximum absolute atomic E-state index is 13.2.